The van der Waals surface area contributed by atoms with E-state index < -0.39 is 35.8 Å². The molecule has 3 aliphatic rings. The lowest BCUT2D eigenvalue weighted by molar-refractivity contribution is -0.139. The summed E-state index contributed by atoms with van der Waals surface area (Å²) in [7, 11) is 3.43. The molecule has 0 bridgehead atoms. The van der Waals surface area contributed by atoms with Crippen molar-refractivity contribution >= 4 is 45.6 Å². The monoisotopic (exact) mass is 829 g/mol. The summed E-state index contributed by atoms with van der Waals surface area (Å²) in [5.74, 6) is -0.927. The normalized spacial score (nSPS) is 20.7. The van der Waals surface area contributed by atoms with E-state index in [0.29, 0.717) is 60.5 Å². The smallest absolute Gasteiger partial charge is 0.245 e. The van der Waals surface area contributed by atoms with Crippen molar-refractivity contribution in [3.63, 3.8) is 0 Å². The fourth-order valence-corrected chi connectivity index (χ4v) is 9.61. The predicted octanol–water partition coefficient (Wildman–Crippen LogP) is 5.16. The molecule has 4 amide bonds. The standard InChI is InChI=1S/C45H61F2N9O4/c1-6-35(52-42(57)26(2)48-4)44(59)55-21-11-15-32(55)25-56-38-19-17-30(47)23-37(38)51-41(56)40-34(33-18-16-29(46)22-36(33)50-40)24-31-14-10-20-54(31)45(60)39(28-12-8-7-9-13-28)53-43(58)27(3)49-5/h16-19,22-23,26-28,31-32,35,39,48-50H,6-15,20-21,24-25H2,1-5H3,(H,52,57)(H,53,58)/t26-,27-,31-,32-,35-,39?/m0/s1. The summed E-state index contributed by atoms with van der Waals surface area (Å²) in [4.78, 5) is 67.1. The number of nitrogens with one attached hydrogen (secondary N) is 5. The Hall–Kier alpha value is -4.89. The van der Waals surface area contributed by atoms with Gasteiger partial charge in [0.15, 0.2) is 5.82 Å². The van der Waals surface area contributed by atoms with Crippen LogP contribution in [0.5, 0.6) is 0 Å². The van der Waals surface area contributed by atoms with Crippen LogP contribution in [0.2, 0.25) is 0 Å². The number of likely N-dealkylation sites (N-methyl/N-ethyl adjacent to an activating group) is 2. The van der Waals surface area contributed by atoms with E-state index >= 15 is 0 Å². The van der Waals surface area contributed by atoms with Gasteiger partial charge in [0.05, 0.1) is 28.8 Å². The average Bonchev–Trinajstić information content (AvgIpc) is 4.07. The highest BCUT2D eigenvalue weighted by Gasteiger charge is 2.40. The number of carbonyl (C=O) groups is 4. The molecule has 3 fully saturated rings. The van der Waals surface area contributed by atoms with Crippen LogP contribution >= 0.6 is 0 Å². The van der Waals surface area contributed by atoms with Crippen molar-refractivity contribution in [3.8, 4) is 11.5 Å². The Balaban J connectivity index is 1.24. The molecule has 2 aromatic carbocycles. The van der Waals surface area contributed by atoms with E-state index in [-0.39, 0.29) is 41.6 Å². The van der Waals surface area contributed by atoms with Crippen LogP contribution in [0.25, 0.3) is 33.5 Å². The van der Waals surface area contributed by atoms with Crippen LogP contribution in [-0.4, -0.2) is 111 Å². The van der Waals surface area contributed by atoms with Gasteiger partial charge in [-0.15, -0.1) is 0 Å². The second-order valence-electron chi connectivity index (χ2n) is 17.1. The maximum Gasteiger partial charge on any atom is 0.245 e. The Bertz CT molecular complexity index is 2200. The van der Waals surface area contributed by atoms with E-state index in [0.717, 1.165) is 68.7 Å². The number of aromatic amines is 1. The number of rotatable bonds is 15. The molecule has 1 saturated carbocycles. The zero-order valence-electron chi connectivity index (χ0n) is 35.6. The summed E-state index contributed by atoms with van der Waals surface area (Å²) in [6.07, 6.45) is 8.86. The van der Waals surface area contributed by atoms with E-state index in [4.69, 9.17) is 4.98 Å². The molecule has 0 spiro atoms. The van der Waals surface area contributed by atoms with Crippen LogP contribution in [0.15, 0.2) is 36.4 Å². The molecular formula is C45H61F2N9O4. The third kappa shape index (κ3) is 8.93. The van der Waals surface area contributed by atoms with E-state index in [1.165, 1.54) is 24.3 Å². The van der Waals surface area contributed by atoms with Crippen LogP contribution in [0.4, 0.5) is 8.78 Å². The van der Waals surface area contributed by atoms with Crippen LogP contribution in [0.3, 0.4) is 0 Å². The van der Waals surface area contributed by atoms with Gasteiger partial charge in [-0.25, -0.2) is 13.8 Å². The number of amides is 4. The summed E-state index contributed by atoms with van der Waals surface area (Å²) in [5.41, 5.74) is 3.20. The molecule has 15 heteroatoms. The maximum absolute atomic E-state index is 14.9. The van der Waals surface area contributed by atoms with Gasteiger partial charge < -0.3 is 40.6 Å². The van der Waals surface area contributed by atoms with Crippen molar-refractivity contribution in [1.82, 2.24) is 45.6 Å². The molecule has 0 radical (unpaired) electrons. The SMILES string of the molecule is CC[C@H](NC(=O)[C@H](C)NC)C(=O)N1CCC[C@H]1Cn1c(-c2[nH]c3cc(F)ccc3c2C[C@@H]2CCCN2C(=O)C(NC(=O)[C@H](C)NC)C2CCCCC2)nc2cc(F)ccc21. The minimum Gasteiger partial charge on any atom is -0.352 e. The van der Waals surface area contributed by atoms with Gasteiger partial charge in [0, 0.05) is 48.7 Å². The molecular weight excluding hydrogens is 769 g/mol. The number of likely N-dealkylation sites (tertiary alicyclic amines) is 2. The van der Waals surface area contributed by atoms with Crippen LogP contribution in [-0.2, 0) is 32.1 Å². The van der Waals surface area contributed by atoms with Gasteiger partial charge in [0.1, 0.15) is 23.7 Å². The second-order valence-corrected chi connectivity index (χ2v) is 17.1. The largest absolute Gasteiger partial charge is 0.352 e. The van der Waals surface area contributed by atoms with Crippen LogP contribution in [0, 0.1) is 17.6 Å². The Morgan fingerprint density at radius 2 is 1.43 bits per heavy atom. The molecule has 2 aromatic heterocycles. The summed E-state index contributed by atoms with van der Waals surface area (Å²) >= 11 is 0. The topological polar surface area (TPSA) is 156 Å². The Kier molecular flexibility index (Phi) is 13.5. The van der Waals surface area contributed by atoms with Gasteiger partial charge in [-0.05, 0) is 121 Å². The third-order valence-electron chi connectivity index (χ3n) is 13.3. The first-order chi connectivity index (χ1) is 28.9. The molecule has 13 nitrogen and oxygen atoms in total. The summed E-state index contributed by atoms with van der Waals surface area (Å²) in [5, 5.41) is 12.8. The van der Waals surface area contributed by atoms with Gasteiger partial charge in [0.25, 0.3) is 0 Å². The highest BCUT2D eigenvalue weighted by atomic mass is 19.1. The summed E-state index contributed by atoms with van der Waals surface area (Å²) in [6.45, 7) is 6.86. The van der Waals surface area contributed by atoms with Crippen molar-refractivity contribution in [2.24, 2.45) is 5.92 Å². The van der Waals surface area contributed by atoms with Crippen molar-refractivity contribution in [3.05, 3.63) is 53.6 Å². The molecule has 60 heavy (non-hydrogen) atoms. The Morgan fingerprint density at radius 3 is 2.12 bits per heavy atom. The molecule has 7 rings (SSSR count). The third-order valence-corrected chi connectivity index (χ3v) is 13.3. The number of aromatic nitrogens is 3. The van der Waals surface area contributed by atoms with Gasteiger partial charge in [-0.1, -0.05) is 26.2 Å². The lowest BCUT2D eigenvalue weighted by Gasteiger charge is -2.35. The Morgan fingerprint density at radius 1 is 0.800 bits per heavy atom. The molecule has 4 aromatic rings. The van der Waals surface area contributed by atoms with E-state index in [2.05, 4.69) is 26.3 Å². The molecule has 6 atom stereocenters. The number of imidazole rings is 1. The second kappa shape index (κ2) is 18.8. The number of hydrogen-bond acceptors (Lipinski definition) is 7. The van der Waals surface area contributed by atoms with Crippen LogP contribution in [0.1, 0.15) is 90.5 Å². The minimum atomic E-state index is -0.688. The minimum absolute atomic E-state index is 0.0512. The number of carbonyl (C=O) groups excluding carboxylic acids is 4. The highest BCUT2D eigenvalue weighted by Crippen LogP contribution is 2.37. The van der Waals surface area contributed by atoms with Gasteiger partial charge >= 0.3 is 0 Å². The van der Waals surface area contributed by atoms with Crippen molar-refractivity contribution in [2.75, 3.05) is 27.2 Å². The lowest BCUT2D eigenvalue weighted by Crippen LogP contribution is -2.56. The summed E-state index contributed by atoms with van der Waals surface area (Å²) < 4.78 is 31.7. The quantitative estimate of drug-likeness (QED) is 0.111. The first-order valence-corrected chi connectivity index (χ1v) is 21.9. The number of fused-ring (bicyclic) bond motifs is 2. The van der Waals surface area contributed by atoms with Gasteiger partial charge in [-0.2, -0.15) is 0 Å². The molecule has 4 heterocycles. The van der Waals surface area contributed by atoms with Gasteiger partial charge in [-0.3, -0.25) is 19.2 Å². The average molecular weight is 830 g/mol. The molecule has 5 N–H and O–H groups in total. The molecule has 1 unspecified atom stereocenters. The van der Waals surface area contributed by atoms with E-state index in [1.807, 2.05) is 21.3 Å². The van der Waals surface area contributed by atoms with Crippen molar-refractivity contribution in [2.45, 2.75) is 134 Å². The zero-order chi connectivity index (χ0) is 42.7. The number of halogens is 2. The molecule has 1 aliphatic carbocycles. The van der Waals surface area contributed by atoms with E-state index in [9.17, 15) is 28.0 Å². The highest BCUT2D eigenvalue weighted by molar-refractivity contribution is 5.93. The Labute approximate surface area is 350 Å². The van der Waals surface area contributed by atoms with Crippen molar-refractivity contribution in [1.29, 1.82) is 0 Å². The number of nitrogens with zero attached hydrogens (tertiary/aromatic N) is 4. The van der Waals surface area contributed by atoms with Crippen LogP contribution < -0.4 is 21.3 Å². The fourth-order valence-electron chi connectivity index (χ4n) is 9.61. The number of benzene rings is 2. The zero-order valence-corrected chi connectivity index (χ0v) is 35.6. The summed E-state index contributed by atoms with van der Waals surface area (Å²) in [6, 6.07) is 6.47. The lowest BCUT2D eigenvalue weighted by atomic mass is 9.83. The first kappa shape index (κ1) is 43.2. The number of H-pyrrole nitrogens is 1. The van der Waals surface area contributed by atoms with Gasteiger partial charge in [0.2, 0.25) is 23.6 Å². The molecule has 2 saturated heterocycles. The van der Waals surface area contributed by atoms with E-state index in [1.54, 1.807) is 40.1 Å². The fraction of sp³-hybridized carbons (Fsp3) is 0.578. The predicted molar refractivity (Wildman–Crippen MR) is 228 cm³/mol. The molecule has 324 valence electrons. The molecule has 2 aliphatic heterocycles. The number of hydrogen-bond donors (Lipinski definition) is 5. The maximum atomic E-state index is 14.9. The first-order valence-electron chi connectivity index (χ1n) is 21.9. The van der Waals surface area contributed by atoms with Crippen molar-refractivity contribution < 1.29 is 28.0 Å².